The first-order valence-corrected chi connectivity index (χ1v) is 12.3. The van der Waals surface area contributed by atoms with Gasteiger partial charge in [0.05, 0.1) is 6.10 Å². The van der Waals surface area contributed by atoms with Gasteiger partial charge in [-0.3, -0.25) is 9.59 Å². The molecule has 0 spiro atoms. The number of rotatable bonds is 5. The fourth-order valence-electron chi connectivity index (χ4n) is 7.74. The predicted molar refractivity (Wildman–Crippen MR) is 120 cm³/mol. The first-order chi connectivity index (χ1) is 15.0. The van der Waals surface area contributed by atoms with Crippen LogP contribution in [0.4, 0.5) is 4.39 Å². The van der Waals surface area contributed by atoms with Crippen molar-refractivity contribution in [3.05, 3.63) is 23.8 Å². The van der Waals surface area contributed by atoms with Crippen LogP contribution in [0.2, 0.25) is 0 Å². The highest BCUT2D eigenvalue weighted by Gasteiger charge is 2.75. The van der Waals surface area contributed by atoms with E-state index in [2.05, 4.69) is 12.2 Å². The molecule has 6 heteroatoms. The van der Waals surface area contributed by atoms with Crippen molar-refractivity contribution in [3.8, 4) is 0 Å². The summed E-state index contributed by atoms with van der Waals surface area (Å²) in [7, 11) is 0. The standard InChI is InChI=1S/C26H38FNO4/c1-5-6-7-12-28-22(31)26(32)16(2)13-20-19-9-8-17-14-18(29)10-11-23(17,3)25(19,27)21(30)15-24(20,26)4/h10-11,14,16,19-21,30,32H,5-9,12-13,15H2,1-4H3,(H,28,31)/t16-,19+,20+,21+,23+,24+,25+,26+/m1/s1. The molecule has 8 atom stereocenters. The van der Waals surface area contributed by atoms with Crippen LogP contribution in [0.3, 0.4) is 0 Å². The highest BCUT2D eigenvalue weighted by atomic mass is 19.1. The van der Waals surface area contributed by atoms with E-state index >= 15 is 4.39 Å². The molecule has 0 heterocycles. The van der Waals surface area contributed by atoms with E-state index < -0.39 is 40.0 Å². The van der Waals surface area contributed by atoms with Crippen molar-refractivity contribution in [3.63, 3.8) is 0 Å². The summed E-state index contributed by atoms with van der Waals surface area (Å²) in [5.74, 6) is -1.61. The maximum Gasteiger partial charge on any atom is 0.252 e. The second kappa shape index (κ2) is 7.76. The molecule has 0 aromatic rings. The lowest BCUT2D eigenvalue weighted by Crippen LogP contribution is -2.70. The highest BCUT2D eigenvalue weighted by molar-refractivity contribution is 6.01. The van der Waals surface area contributed by atoms with Crippen molar-refractivity contribution < 1.29 is 24.2 Å². The normalized spacial score (nSPS) is 47.3. The number of carbonyl (C=O) groups excluding carboxylic acids is 2. The van der Waals surface area contributed by atoms with Gasteiger partial charge in [-0.1, -0.05) is 45.3 Å². The molecule has 32 heavy (non-hydrogen) atoms. The van der Waals surface area contributed by atoms with Crippen molar-refractivity contribution in [2.24, 2.45) is 28.6 Å². The lowest BCUT2D eigenvalue weighted by atomic mass is 9.44. The van der Waals surface area contributed by atoms with Crippen LogP contribution in [0.5, 0.6) is 0 Å². The maximum absolute atomic E-state index is 17.1. The maximum atomic E-state index is 17.1. The second-order valence-corrected chi connectivity index (χ2v) is 11.1. The number of hydrogen-bond acceptors (Lipinski definition) is 4. The van der Waals surface area contributed by atoms with Gasteiger partial charge >= 0.3 is 0 Å². The quantitative estimate of drug-likeness (QED) is 0.562. The molecule has 3 saturated carbocycles. The number of aliphatic hydroxyl groups excluding tert-OH is 1. The zero-order valence-corrected chi connectivity index (χ0v) is 19.8. The van der Waals surface area contributed by atoms with E-state index in [-0.39, 0.29) is 24.0 Å². The van der Waals surface area contributed by atoms with Gasteiger partial charge < -0.3 is 15.5 Å². The van der Waals surface area contributed by atoms with Crippen molar-refractivity contribution >= 4 is 11.7 Å². The molecule has 0 aliphatic heterocycles. The van der Waals surface area contributed by atoms with E-state index in [4.69, 9.17) is 0 Å². The molecule has 4 rings (SSSR count). The number of nitrogens with one attached hydrogen (secondary N) is 1. The number of halogens is 1. The molecule has 4 aliphatic rings. The monoisotopic (exact) mass is 447 g/mol. The van der Waals surface area contributed by atoms with Gasteiger partial charge in [-0.15, -0.1) is 0 Å². The Labute approximate surface area is 190 Å². The van der Waals surface area contributed by atoms with Gasteiger partial charge in [0.15, 0.2) is 17.1 Å². The minimum atomic E-state index is -1.94. The van der Waals surface area contributed by atoms with Crippen molar-refractivity contribution in [1.82, 2.24) is 5.32 Å². The van der Waals surface area contributed by atoms with Crippen LogP contribution < -0.4 is 5.32 Å². The SMILES string of the molecule is CCCCCNC(=O)[C@@]1(O)[C@H](C)C[C@H]2[C@@H]3CCC4=CC(=O)C=C[C@]4(C)[C@@]3(F)[C@@H](O)C[C@@]21C. The van der Waals surface area contributed by atoms with Crippen LogP contribution in [-0.2, 0) is 9.59 Å². The van der Waals surface area contributed by atoms with E-state index in [1.807, 2.05) is 13.8 Å². The average Bonchev–Trinajstić information content (AvgIpc) is 2.94. The first kappa shape index (κ1) is 23.6. The molecule has 0 saturated heterocycles. The number of carbonyl (C=O) groups is 2. The van der Waals surface area contributed by atoms with Crippen LogP contribution in [0.1, 0.15) is 72.6 Å². The molecule has 0 radical (unpaired) electrons. The Morgan fingerprint density at radius 1 is 1.28 bits per heavy atom. The van der Waals surface area contributed by atoms with Crippen molar-refractivity contribution in [2.75, 3.05) is 6.54 Å². The molecule has 178 valence electrons. The van der Waals surface area contributed by atoms with E-state index in [1.165, 1.54) is 12.2 Å². The molecule has 3 fully saturated rings. The summed E-state index contributed by atoms with van der Waals surface area (Å²) in [6, 6.07) is 0. The van der Waals surface area contributed by atoms with Crippen LogP contribution in [0.25, 0.3) is 0 Å². The largest absolute Gasteiger partial charge is 0.390 e. The lowest BCUT2D eigenvalue weighted by Gasteiger charge is -2.62. The molecule has 1 amide bonds. The smallest absolute Gasteiger partial charge is 0.252 e. The van der Waals surface area contributed by atoms with Crippen LogP contribution in [0.15, 0.2) is 23.8 Å². The van der Waals surface area contributed by atoms with Crippen LogP contribution >= 0.6 is 0 Å². The zero-order valence-electron chi connectivity index (χ0n) is 19.8. The minimum Gasteiger partial charge on any atom is -0.390 e. The predicted octanol–water partition coefficient (Wildman–Crippen LogP) is 3.64. The van der Waals surface area contributed by atoms with Gasteiger partial charge in [0.2, 0.25) is 0 Å². The summed E-state index contributed by atoms with van der Waals surface area (Å²) in [4.78, 5) is 25.2. The Bertz CT molecular complexity index is 870. The zero-order chi connectivity index (χ0) is 23.5. The molecule has 0 aromatic heterocycles. The number of aliphatic hydroxyl groups is 2. The summed E-state index contributed by atoms with van der Waals surface area (Å²) in [6.45, 7) is 8.12. The minimum absolute atomic E-state index is 0.0124. The van der Waals surface area contributed by atoms with Gasteiger partial charge in [0, 0.05) is 23.3 Å². The van der Waals surface area contributed by atoms with Gasteiger partial charge in [-0.2, -0.15) is 0 Å². The van der Waals surface area contributed by atoms with Crippen LogP contribution in [0, 0.1) is 28.6 Å². The fraction of sp³-hybridized carbons (Fsp3) is 0.769. The molecule has 5 nitrogen and oxygen atoms in total. The second-order valence-electron chi connectivity index (χ2n) is 11.1. The number of hydrogen-bond donors (Lipinski definition) is 3. The molecular formula is C26H38FNO4. The van der Waals surface area contributed by atoms with Crippen LogP contribution in [-0.4, -0.2) is 45.8 Å². The van der Waals surface area contributed by atoms with Crippen molar-refractivity contribution in [2.45, 2.75) is 90.0 Å². The van der Waals surface area contributed by atoms with Gasteiger partial charge in [-0.25, -0.2) is 4.39 Å². The third kappa shape index (κ3) is 2.87. The number of fused-ring (bicyclic) bond motifs is 5. The Morgan fingerprint density at radius 2 is 2.00 bits per heavy atom. The molecule has 3 N–H and O–H groups in total. The van der Waals surface area contributed by atoms with Gasteiger partial charge in [0.1, 0.15) is 0 Å². The van der Waals surface area contributed by atoms with Gasteiger partial charge in [-0.05, 0) is 63.0 Å². The molecule has 0 unspecified atom stereocenters. The number of unbranched alkanes of at least 4 members (excludes halogenated alkanes) is 2. The number of allylic oxidation sites excluding steroid dienone is 4. The van der Waals surface area contributed by atoms with Crippen molar-refractivity contribution in [1.29, 1.82) is 0 Å². The summed E-state index contributed by atoms with van der Waals surface area (Å²) in [5, 5.41) is 26.1. The summed E-state index contributed by atoms with van der Waals surface area (Å²) >= 11 is 0. The molecule has 0 bridgehead atoms. The first-order valence-electron chi connectivity index (χ1n) is 12.3. The lowest BCUT2D eigenvalue weighted by molar-refractivity contribution is -0.219. The van der Waals surface area contributed by atoms with E-state index in [0.29, 0.717) is 25.8 Å². The third-order valence-electron chi connectivity index (χ3n) is 9.63. The molecule has 0 aromatic carbocycles. The highest BCUT2D eigenvalue weighted by Crippen LogP contribution is 2.70. The number of amides is 1. The molecule has 4 aliphatic carbocycles. The summed E-state index contributed by atoms with van der Waals surface area (Å²) in [6.07, 6.45) is 7.75. The summed E-state index contributed by atoms with van der Waals surface area (Å²) in [5.41, 5.74) is -4.84. The Hall–Kier alpha value is -1.53. The van der Waals surface area contributed by atoms with E-state index in [9.17, 15) is 19.8 Å². The Balaban J connectivity index is 1.69. The van der Waals surface area contributed by atoms with Gasteiger partial charge in [0.25, 0.3) is 5.91 Å². The number of ketones is 1. The summed E-state index contributed by atoms with van der Waals surface area (Å²) < 4.78 is 17.1. The van der Waals surface area contributed by atoms with E-state index in [1.54, 1.807) is 13.0 Å². The van der Waals surface area contributed by atoms with E-state index in [0.717, 1.165) is 24.8 Å². The number of alkyl halides is 1. The Kier molecular flexibility index (Phi) is 5.73. The average molecular weight is 448 g/mol. The third-order valence-corrected chi connectivity index (χ3v) is 9.63. The fourth-order valence-corrected chi connectivity index (χ4v) is 7.74. The Morgan fingerprint density at radius 3 is 2.69 bits per heavy atom. The molecular weight excluding hydrogens is 409 g/mol. The topological polar surface area (TPSA) is 86.6 Å².